The van der Waals surface area contributed by atoms with E-state index in [9.17, 15) is 22.3 Å². The molecule has 0 saturated carbocycles. The normalized spacial score (nSPS) is 18.3. The first-order valence-electron chi connectivity index (χ1n) is 8.35. The van der Waals surface area contributed by atoms with Crippen LogP contribution in [0.4, 0.5) is 14.5 Å². The molecule has 0 spiro atoms. The van der Waals surface area contributed by atoms with Crippen molar-refractivity contribution in [2.75, 3.05) is 4.72 Å². The van der Waals surface area contributed by atoms with E-state index in [-0.39, 0.29) is 5.69 Å². The van der Waals surface area contributed by atoms with Crippen LogP contribution in [-0.4, -0.2) is 36.8 Å². The minimum absolute atomic E-state index is 0.295. The van der Waals surface area contributed by atoms with E-state index < -0.39 is 50.8 Å². The van der Waals surface area contributed by atoms with Crippen molar-refractivity contribution in [3.05, 3.63) is 42.1 Å². The van der Waals surface area contributed by atoms with E-state index in [2.05, 4.69) is 9.71 Å². The van der Waals surface area contributed by atoms with Crippen LogP contribution in [0.3, 0.4) is 0 Å². The average Bonchev–Trinajstić information content (AvgIpc) is 2.77. The standard InChI is InChI=1S/C17H19BF2N2O5S/c1-16(2)17(3,4)27-18(26-16)10-7-13(15(23)21-9-10)22-28(24,25)14-6-5-11(19)8-12(14)20/h5-9,22H,1-4H3,(H,21,23). The molecule has 2 aromatic rings. The highest BCUT2D eigenvalue weighted by Gasteiger charge is 2.52. The van der Waals surface area contributed by atoms with Crippen molar-refractivity contribution in [3.8, 4) is 5.88 Å². The largest absolute Gasteiger partial charge is 0.496 e. The number of hydrogen-bond donors (Lipinski definition) is 2. The molecule has 1 saturated heterocycles. The number of aromatic nitrogens is 1. The molecule has 0 aliphatic carbocycles. The van der Waals surface area contributed by atoms with Crippen LogP contribution >= 0.6 is 0 Å². The van der Waals surface area contributed by atoms with Crippen molar-refractivity contribution >= 4 is 28.3 Å². The Bertz CT molecular complexity index is 1010. The summed E-state index contributed by atoms with van der Waals surface area (Å²) in [7, 11) is -5.29. The van der Waals surface area contributed by atoms with E-state index in [0.29, 0.717) is 11.5 Å². The first kappa shape index (κ1) is 20.5. The Labute approximate surface area is 161 Å². The predicted octanol–water partition coefficient (Wildman–Crippen LogP) is 2.17. The molecule has 3 rings (SSSR count). The molecule has 0 amide bonds. The highest BCUT2D eigenvalue weighted by atomic mass is 32.2. The fraction of sp³-hybridized carbons (Fsp3) is 0.353. The van der Waals surface area contributed by atoms with E-state index in [1.54, 1.807) is 0 Å². The van der Waals surface area contributed by atoms with Crippen LogP contribution in [0.15, 0.2) is 35.4 Å². The molecule has 150 valence electrons. The lowest BCUT2D eigenvalue weighted by Crippen LogP contribution is -2.41. The maximum atomic E-state index is 13.9. The van der Waals surface area contributed by atoms with Gasteiger partial charge in [0.2, 0.25) is 5.88 Å². The van der Waals surface area contributed by atoms with E-state index in [0.717, 1.165) is 12.1 Å². The number of rotatable bonds is 4. The zero-order chi connectivity index (χ0) is 20.9. The van der Waals surface area contributed by atoms with Crippen LogP contribution in [0.1, 0.15) is 27.7 Å². The van der Waals surface area contributed by atoms with Crippen molar-refractivity contribution < 1.29 is 31.6 Å². The van der Waals surface area contributed by atoms with E-state index in [4.69, 9.17) is 9.31 Å². The summed E-state index contributed by atoms with van der Waals surface area (Å²) in [6, 6.07) is 3.34. The molecule has 0 bridgehead atoms. The van der Waals surface area contributed by atoms with E-state index in [1.807, 2.05) is 27.7 Å². The molecule has 1 aliphatic heterocycles. The molecule has 2 N–H and O–H groups in total. The number of anilines is 1. The van der Waals surface area contributed by atoms with Crippen molar-refractivity contribution in [1.82, 2.24) is 4.98 Å². The van der Waals surface area contributed by atoms with Crippen LogP contribution in [-0.2, 0) is 19.3 Å². The highest BCUT2D eigenvalue weighted by molar-refractivity contribution is 7.92. The summed E-state index contributed by atoms with van der Waals surface area (Å²) in [6.45, 7) is 7.40. The van der Waals surface area contributed by atoms with Crippen molar-refractivity contribution in [2.45, 2.75) is 43.8 Å². The number of pyridine rings is 1. The lowest BCUT2D eigenvalue weighted by molar-refractivity contribution is 0.00578. The van der Waals surface area contributed by atoms with Gasteiger partial charge >= 0.3 is 7.12 Å². The van der Waals surface area contributed by atoms with Crippen LogP contribution < -0.4 is 10.2 Å². The second-order valence-electron chi connectivity index (χ2n) is 7.41. The summed E-state index contributed by atoms with van der Waals surface area (Å²) in [4.78, 5) is 2.98. The van der Waals surface area contributed by atoms with Crippen molar-refractivity contribution in [1.29, 1.82) is 0 Å². The van der Waals surface area contributed by atoms with Crippen LogP contribution in [0.25, 0.3) is 0 Å². The summed E-state index contributed by atoms with van der Waals surface area (Å²) in [5, 5.41) is 9.93. The molecule has 7 nitrogen and oxygen atoms in total. The Kier molecular flexibility index (Phi) is 4.89. The Morgan fingerprint density at radius 3 is 2.29 bits per heavy atom. The molecular formula is C17H19BF2N2O5S. The molecule has 1 fully saturated rings. The molecule has 0 radical (unpaired) electrons. The van der Waals surface area contributed by atoms with E-state index >= 15 is 0 Å². The number of aromatic hydroxyl groups is 1. The number of benzene rings is 1. The van der Waals surface area contributed by atoms with Gasteiger partial charge in [0, 0.05) is 17.7 Å². The lowest BCUT2D eigenvalue weighted by atomic mass is 9.80. The summed E-state index contributed by atoms with van der Waals surface area (Å²) in [5.41, 5.74) is -1.21. The quantitative estimate of drug-likeness (QED) is 0.748. The Hall–Kier alpha value is -2.24. The minimum atomic E-state index is -4.44. The molecule has 11 heteroatoms. The van der Waals surface area contributed by atoms with Gasteiger partial charge in [-0.3, -0.25) is 4.72 Å². The SMILES string of the molecule is CC1(C)OB(c2cnc(O)c(NS(=O)(=O)c3ccc(F)cc3F)c2)OC1(C)C. The van der Waals surface area contributed by atoms with Crippen LogP contribution in [0.2, 0.25) is 0 Å². The second-order valence-corrected chi connectivity index (χ2v) is 9.06. The minimum Gasteiger partial charge on any atom is -0.492 e. The third kappa shape index (κ3) is 3.69. The maximum absolute atomic E-state index is 13.9. The van der Waals surface area contributed by atoms with Crippen LogP contribution in [0, 0.1) is 11.6 Å². The van der Waals surface area contributed by atoms with Gasteiger partial charge in [-0.1, -0.05) is 0 Å². The summed E-state index contributed by atoms with van der Waals surface area (Å²) in [5.74, 6) is -2.79. The summed E-state index contributed by atoms with van der Waals surface area (Å²) in [6.07, 6.45) is 1.29. The van der Waals surface area contributed by atoms with Gasteiger partial charge < -0.3 is 14.4 Å². The number of sulfonamides is 1. The predicted molar refractivity (Wildman–Crippen MR) is 98.8 cm³/mol. The maximum Gasteiger partial charge on any atom is 0.496 e. The van der Waals surface area contributed by atoms with Gasteiger partial charge in [0.15, 0.2) is 0 Å². The van der Waals surface area contributed by atoms with E-state index in [1.165, 1.54) is 12.3 Å². The number of nitrogens with zero attached hydrogens (tertiary/aromatic N) is 1. The topological polar surface area (TPSA) is 97.8 Å². The zero-order valence-corrected chi connectivity index (χ0v) is 16.5. The molecule has 1 aromatic carbocycles. The number of halogens is 2. The molecule has 0 atom stereocenters. The third-order valence-corrected chi connectivity index (χ3v) is 6.24. The molecular weight excluding hydrogens is 393 g/mol. The molecule has 28 heavy (non-hydrogen) atoms. The van der Waals surface area contributed by atoms with Crippen LogP contribution in [0.5, 0.6) is 5.88 Å². The van der Waals surface area contributed by atoms with Gasteiger partial charge in [0.25, 0.3) is 10.0 Å². The fourth-order valence-electron chi connectivity index (χ4n) is 2.55. The van der Waals surface area contributed by atoms with Gasteiger partial charge in [-0.05, 0) is 45.9 Å². The van der Waals surface area contributed by atoms with Gasteiger partial charge in [0.05, 0.1) is 11.2 Å². The summed E-state index contributed by atoms with van der Waals surface area (Å²) < 4.78 is 65.6. The van der Waals surface area contributed by atoms with Crippen molar-refractivity contribution in [2.24, 2.45) is 0 Å². The van der Waals surface area contributed by atoms with Gasteiger partial charge in [0.1, 0.15) is 22.2 Å². The first-order valence-corrected chi connectivity index (χ1v) is 9.83. The third-order valence-electron chi connectivity index (χ3n) is 4.84. The average molecular weight is 412 g/mol. The van der Waals surface area contributed by atoms with Gasteiger partial charge in [-0.15, -0.1) is 0 Å². The number of nitrogens with one attached hydrogen (secondary N) is 1. The summed E-state index contributed by atoms with van der Waals surface area (Å²) >= 11 is 0. The van der Waals surface area contributed by atoms with Gasteiger partial charge in [-0.25, -0.2) is 22.2 Å². The van der Waals surface area contributed by atoms with Crippen molar-refractivity contribution in [3.63, 3.8) is 0 Å². The van der Waals surface area contributed by atoms with Gasteiger partial charge in [-0.2, -0.15) is 0 Å². The molecule has 0 unspecified atom stereocenters. The Morgan fingerprint density at radius 1 is 1.11 bits per heavy atom. The molecule has 1 aliphatic rings. The molecule has 2 heterocycles. The Balaban J connectivity index is 1.93. The monoisotopic (exact) mass is 412 g/mol. The fourth-order valence-corrected chi connectivity index (χ4v) is 3.66. The first-order chi connectivity index (χ1) is 12.8. The Morgan fingerprint density at radius 2 is 1.71 bits per heavy atom. The lowest BCUT2D eigenvalue weighted by Gasteiger charge is -2.32. The second kappa shape index (κ2) is 6.68. The zero-order valence-electron chi connectivity index (χ0n) is 15.7. The molecule has 1 aromatic heterocycles. The highest BCUT2D eigenvalue weighted by Crippen LogP contribution is 2.37. The smallest absolute Gasteiger partial charge is 0.492 e. The number of hydrogen-bond acceptors (Lipinski definition) is 6.